The number of nitro benzene ring substituents is 1. The number of nitro groups is 1. The van der Waals surface area contributed by atoms with Crippen molar-refractivity contribution in [2.24, 2.45) is 0 Å². The molecule has 8 nitrogen and oxygen atoms in total. The highest BCUT2D eigenvalue weighted by Crippen LogP contribution is 2.27. The monoisotopic (exact) mass is 339 g/mol. The Morgan fingerprint density at radius 2 is 2.00 bits per heavy atom. The second-order valence-electron chi connectivity index (χ2n) is 4.81. The molecule has 0 fully saturated rings. The summed E-state index contributed by atoms with van der Waals surface area (Å²) < 4.78 is 6.86. The van der Waals surface area contributed by atoms with Gasteiger partial charge in [0.05, 0.1) is 11.2 Å². The standard InChI is InChI=1S/C15H9N5O3S/c21-20(22)11-5-3-10(4-6-11)14-18-19-13(16-17-15(19)24-14)8-7-12-2-1-9-23-12/h1-9H/b8-7+. The summed E-state index contributed by atoms with van der Waals surface area (Å²) in [5.74, 6) is 1.28. The van der Waals surface area contributed by atoms with Crippen molar-refractivity contribution in [1.82, 2.24) is 19.8 Å². The van der Waals surface area contributed by atoms with E-state index in [1.807, 2.05) is 6.07 Å². The minimum Gasteiger partial charge on any atom is -0.465 e. The van der Waals surface area contributed by atoms with Gasteiger partial charge < -0.3 is 4.42 Å². The first-order valence-electron chi connectivity index (χ1n) is 6.89. The molecule has 4 rings (SSSR count). The molecule has 0 aliphatic carbocycles. The highest BCUT2D eigenvalue weighted by molar-refractivity contribution is 7.19. The Morgan fingerprint density at radius 3 is 2.71 bits per heavy atom. The summed E-state index contributed by atoms with van der Waals surface area (Å²) in [6.45, 7) is 0. The summed E-state index contributed by atoms with van der Waals surface area (Å²) in [6.07, 6.45) is 5.13. The molecule has 0 radical (unpaired) electrons. The number of fused-ring (bicyclic) bond motifs is 1. The van der Waals surface area contributed by atoms with Crippen molar-refractivity contribution in [1.29, 1.82) is 0 Å². The van der Waals surface area contributed by atoms with Crippen LogP contribution in [0.1, 0.15) is 11.6 Å². The predicted octanol–water partition coefficient (Wildman–Crippen LogP) is 3.52. The van der Waals surface area contributed by atoms with Gasteiger partial charge in [0, 0.05) is 17.7 Å². The van der Waals surface area contributed by atoms with Crippen molar-refractivity contribution >= 4 is 34.1 Å². The average Bonchev–Trinajstić information content (AvgIpc) is 3.30. The van der Waals surface area contributed by atoms with E-state index in [9.17, 15) is 10.1 Å². The van der Waals surface area contributed by atoms with Crippen LogP contribution in [0, 0.1) is 10.1 Å². The van der Waals surface area contributed by atoms with E-state index >= 15 is 0 Å². The number of hydrogen-bond donors (Lipinski definition) is 0. The van der Waals surface area contributed by atoms with Crippen LogP contribution in [0.25, 0.3) is 27.7 Å². The molecule has 0 amide bonds. The summed E-state index contributed by atoms with van der Waals surface area (Å²) in [7, 11) is 0. The van der Waals surface area contributed by atoms with E-state index in [2.05, 4.69) is 15.3 Å². The molecule has 0 saturated heterocycles. The highest BCUT2D eigenvalue weighted by atomic mass is 32.1. The minimum atomic E-state index is -0.431. The molecule has 1 aromatic carbocycles. The number of furan rings is 1. The molecule has 0 spiro atoms. The third kappa shape index (κ3) is 2.57. The van der Waals surface area contributed by atoms with Gasteiger partial charge in [-0.3, -0.25) is 10.1 Å². The molecule has 24 heavy (non-hydrogen) atoms. The molecular formula is C15H9N5O3S. The third-order valence-electron chi connectivity index (χ3n) is 3.28. The zero-order valence-electron chi connectivity index (χ0n) is 12.1. The van der Waals surface area contributed by atoms with E-state index in [0.29, 0.717) is 21.6 Å². The zero-order chi connectivity index (χ0) is 16.5. The van der Waals surface area contributed by atoms with Crippen LogP contribution < -0.4 is 0 Å². The lowest BCUT2D eigenvalue weighted by atomic mass is 10.2. The van der Waals surface area contributed by atoms with E-state index in [4.69, 9.17) is 4.42 Å². The molecule has 3 heterocycles. The molecule has 118 valence electrons. The number of aromatic nitrogens is 4. The van der Waals surface area contributed by atoms with Gasteiger partial charge in [-0.15, -0.1) is 10.2 Å². The molecule has 0 aliphatic heterocycles. The number of nitrogens with zero attached hydrogens (tertiary/aromatic N) is 5. The van der Waals surface area contributed by atoms with Crippen LogP contribution >= 0.6 is 11.3 Å². The maximum atomic E-state index is 10.7. The Labute approximate surface area is 138 Å². The fourth-order valence-corrected chi connectivity index (χ4v) is 2.97. The van der Waals surface area contributed by atoms with Crippen LogP contribution in [0.5, 0.6) is 0 Å². The number of benzene rings is 1. The van der Waals surface area contributed by atoms with Crippen molar-refractivity contribution in [3.63, 3.8) is 0 Å². The van der Waals surface area contributed by atoms with E-state index in [-0.39, 0.29) is 5.69 Å². The van der Waals surface area contributed by atoms with Crippen LogP contribution in [0.3, 0.4) is 0 Å². The van der Waals surface area contributed by atoms with Crippen molar-refractivity contribution in [2.75, 3.05) is 0 Å². The quantitative estimate of drug-likeness (QED) is 0.416. The van der Waals surface area contributed by atoms with E-state index in [0.717, 1.165) is 5.56 Å². The van der Waals surface area contributed by atoms with Crippen molar-refractivity contribution in [3.05, 3.63) is 64.4 Å². The fraction of sp³-hybridized carbons (Fsp3) is 0. The highest BCUT2D eigenvalue weighted by Gasteiger charge is 2.13. The Bertz CT molecular complexity index is 1030. The molecular weight excluding hydrogens is 330 g/mol. The molecule has 0 aliphatic rings. The first kappa shape index (κ1) is 14.3. The van der Waals surface area contributed by atoms with Gasteiger partial charge in [-0.05, 0) is 36.4 Å². The Balaban J connectivity index is 1.67. The maximum absolute atomic E-state index is 10.7. The van der Waals surface area contributed by atoms with E-state index in [1.54, 1.807) is 41.1 Å². The van der Waals surface area contributed by atoms with Gasteiger partial charge in [0.15, 0.2) is 5.82 Å². The number of hydrogen-bond acceptors (Lipinski definition) is 7. The molecule has 3 aromatic heterocycles. The van der Waals surface area contributed by atoms with Gasteiger partial charge in [-0.2, -0.15) is 9.61 Å². The Kier molecular flexibility index (Phi) is 3.39. The molecule has 0 N–H and O–H groups in total. The maximum Gasteiger partial charge on any atom is 0.269 e. The largest absolute Gasteiger partial charge is 0.465 e. The lowest BCUT2D eigenvalue weighted by Crippen LogP contribution is -1.90. The van der Waals surface area contributed by atoms with Crippen LogP contribution in [-0.4, -0.2) is 24.7 Å². The zero-order valence-corrected chi connectivity index (χ0v) is 12.9. The summed E-state index contributed by atoms with van der Waals surface area (Å²) in [5.41, 5.74) is 0.834. The van der Waals surface area contributed by atoms with Gasteiger partial charge in [-0.25, -0.2) is 0 Å². The van der Waals surface area contributed by atoms with Crippen molar-refractivity contribution in [3.8, 4) is 10.6 Å². The minimum absolute atomic E-state index is 0.0452. The molecule has 0 unspecified atom stereocenters. The second-order valence-corrected chi connectivity index (χ2v) is 5.77. The van der Waals surface area contributed by atoms with Crippen LogP contribution in [-0.2, 0) is 0 Å². The van der Waals surface area contributed by atoms with Gasteiger partial charge in [0.2, 0.25) is 4.96 Å². The third-order valence-corrected chi connectivity index (χ3v) is 4.23. The Hall–Kier alpha value is -3.33. The predicted molar refractivity (Wildman–Crippen MR) is 88.4 cm³/mol. The summed E-state index contributed by atoms with van der Waals surface area (Å²) in [4.78, 5) is 10.9. The molecule has 0 bridgehead atoms. The van der Waals surface area contributed by atoms with Gasteiger partial charge in [0.25, 0.3) is 5.69 Å². The van der Waals surface area contributed by atoms with Crippen molar-refractivity contribution < 1.29 is 9.34 Å². The Morgan fingerprint density at radius 1 is 1.17 bits per heavy atom. The number of non-ortho nitro benzene ring substituents is 1. The lowest BCUT2D eigenvalue weighted by Gasteiger charge is -1.95. The van der Waals surface area contributed by atoms with Gasteiger partial charge in [0.1, 0.15) is 10.8 Å². The summed E-state index contributed by atoms with van der Waals surface area (Å²) in [5, 5.41) is 24.1. The molecule has 9 heteroatoms. The van der Waals surface area contributed by atoms with Gasteiger partial charge >= 0.3 is 0 Å². The van der Waals surface area contributed by atoms with Crippen LogP contribution in [0.2, 0.25) is 0 Å². The van der Waals surface area contributed by atoms with Gasteiger partial charge in [-0.1, -0.05) is 11.3 Å². The average molecular weight is 339 g/mol. The van der Waals surface area contributed by atoms with E-state index in [1.165, 1.54) is 23.5 Å². The summed E-state index contributed by atoms with van der Waals surface area (Å²) in [6, 6.07) is 9.88. The van der Waals surface area contributed by atoms with E-state index < -0.39 is 4.92 Å². The number of rotatable bonds is 4. The lowest BCUT2D eigenvalue weighted by molar-refractivity contribution is -0.384. The smallest absolute Gasteiger partial charge is 0.269 e. The normalized spacial score (nSPS) is 11.5. The van der Waals surface area contributed by atoms with Crippen LogP contribution in [0.15, 0.2) is 47.1 Å². The molecule has 0 saturated carbocycles. The van der Waals surface area contributed by atoms with Crippen molar-refractivity contribution in [2.45, 2.75) is 0 Å². The molecule has 0 atom stereocenters. The van der Waals surface area contributed by atoms with Crippen LogP contribution in [0.4, 0.5) is 5.69 Å². The SMILES string of the molecule is O=[N+]([O-])c1ccc(-c2nn3c(/C=C/c4ccco4)nnc3s2)cc1. The summed E-state index contributed by atoms with van der Waals surface area (Å²) >= 11 is 1.36. The fourth-order valence-electron chi connectivity index (χ4n) is 2.12. The molecule has 4 aromatic rings. The first-order valence-corrected chi connectivity index (χ1v) is 7.71. The first-order chi connectivity index (χ1) is 11.7. The topological polar surface area (TPSA) is 99.4 Å². The second kappa shape index (κ2) is 5.70.